The molecule has 0 atom stereocenters. The molecule has 8 rings (SSSR count). The molecular weight excluding hydrogens is 568 g/mol. The van der Waals surface area contributed by atoms with E-state index in [1.165, 1.54) is 12.7 Å². The van der Waals surface area contributed by atoms with E-state index in [-0.39, 0.29) is 0 Å². The maximum absolute atomic E-state index is 4.60. The Morgan fingerprint density at radius 3 is 1.60 bits per heavy atom. The van der Waals surface area contributed by atoms with Crippen molar-refractivity contribution in [1.82, 2.24) is 69.2 Å². The first kappa shape index (κ1) is 27.6. The molecule has 0 fully saturated rings. The Morgan fingerprint density at radius 1 is 0.578 bits per heavy atom. The van der Waals surface area contributed by atoms with Crippen LogP contribution in [0.5, 0.6) is 0 Å². The first-order valence-electron chi connectivity index (χ1n) is 14.3. The van der Waals surface area contributed by atoms with Crippen LogP contribution >= 0.6 is 0 Å². The summed E-state index contributed by atoms with van der Waals surface area (Å²) < 4.78 is 3.45. The van der Waals surface area contributed by atoms with Crippen LogP contribution in [0.1, 0.15) is 18.3 Å². The van der Waals surface area contributed by atoms with Crippen LogP contribution in [-0.2, 0) is 13.6 Å². The second kappa shape index (κ2) is 11.5. The average molecular weight is 597 g/mol. The number of pyridine rings is 4. The zero-order valence-electron chi connectivity index (χ0n) is 25.1. The summed E-state index contributed by atoms with van der Waals surface area (Å²) in [5.41, 5.74) is 10.1. The van der Waals surface area contributed by atoms with Crippen molar-refractivity contribution in [2.45, 2.75) is 27.3 Å². The lowest BCUT2D eigenvalue weighted by molar-refractivity contribution is 0.572. The molecule has 0 amide bonds. The van der Waals surface area contributed by atoms with Gasteiger partial charge in [-0.05, 0) is 69.3 Å². The van der Waals surface area contributed by atoms with Crippen LogP contribution < -0.4 is 0 Å². The predicted molar refractivity (Wildman–Crippen MR) is 167 cm³/mol. The van der Waals surface area contributed by atoms with E-state index in [2.05, 4.69) is 50.5 Å². The summed E-state index contributed by atoms with van der Waals surface area (Å²) in [6.45, 7) is 6.64. The van der Waals surface area contributed by atoms with E-state index >= 15 is 0 Å². The molecule has 14 nitrogen and oxygen atoms in total. The van der Waals surface area contributed by atoms with Crippen LogP contribution in [0.3, 0.4) is 0 Å². The van der Waals surface area contributed by atoms with Gasteiger partial charge in [0.25, 0.3) is 0 Å². The highest BCUT2D eigenvalue weighted by atomic mass is 15.5. The highest BCUT2D eigenvalue weighted by Gasteiger charge is 2.18. The minimum atomic E-state index is 0.699. The molecule has 0 aromatic carbocycles. The fourth-order valence-electron chi connectivity index (χ4n) is 4.89. The Bertz CT molecular complexity index is 2270. The Kier molecular flexibility index (Phi) is 7.05. The summed E-state index contributed by atoms with van der Waals surface area (Å²) in [5, 5.41) is 26.5. The molecule has 0 aliphatic heterocycles. The van der Waals surface area contributed by atoms with Crippen molar-refractivity contribution in [2.75, 3.05) is 0 Å². The van der Waals surface area contributed by atoms with Gasteiger partial charge in [-0.25, -0.2) is 19.0 Å². The van der Waals surface area contributed by atoms with Gasteiger partial charge in [-0.3, -0.25) is 9.97 Å². The molecule has 0 unspecified atom stereocenters. The monoisotopic (exact) mass is 596 g/mol. The molecule has 0 spiro atoms. The summed E-state index contributed by atoms with van der Waals surface area (Å²) in [6, 6.07) is 19.5. The van der Waals surface area contributed by atoms with Crippen LogP contribution in [0.4, 0.5) is 0 Å². The van der Waals surface area contributed by atoms with E-state index in [9.17, 15) is 0 Å². The Balaban J connectivity index is 0.000000145. The maximum atomic E-state index is 4.60. The van der Waals surface area contributed by atoms with Crippen LogP contribution in [0.25, 0.3) is 56.6 Å². The van der Waals surface area contributed by atoms with E-state index in [0.717, 1.165) is 68.0 Å². The molecule has 0 saturated heterocycles. The first-order chi connectivity index (χ1) is 21.9. The predicted octanol–water partition coefficient (Wildman–Crippen LogP) is 4.27. The molecule has 0 aliphatic rings. The summed E-state index contributed by atoms with van der Waals surface area (Å²) in [5.74, 6) is 0. The molecule has 45 heavy (non-hydrogen) atoms. The van der Waals surface area contributed by atoms with Crippen molar-refractivity contribution < 1.29 is 0 Å². The summed E-state index contributed by atoms with van der Waals surface area (Å²) in [4.78, 5) is 20.7. The van der Waals surface area contributed by atoms with Gasteiger partial charge in [0.15, 0.2) is 11.3 Å². The van der Waals surface area contributed by atoms with E-state index in [1.54, 1.807) is 25.7 Å². The molecule has 8 aromatic rings. The normalized spacial score (nSPS) is 11.2. The molecular formula is C31H28N14. The zero-order chi connectivity index (χ0) is 30.9. The van der Waals surface area contributed by atoms with Gasteiger partial charge in [0, 0.05) is 42.0 Å². The minimum Gasteiger partial charge on any atom is -0.251 e. The number of hydrogen-bond donors (Lipinski definition) is 0. The zero-order valence-corrected chi connectivity index (χ0v) is 25.1. The van der Waals surface area contributed by atoms with Crippen LogP contribution in [0.15, 0.2) is 85.7 Å². The van der Waals surface area contributed by atoms with Gasteiger partial charge in [0.1, 0.15) is 35.4 Å². The van der Waals surface area contributed by atoms with Crippen molar-refractivity contribution in [2.24, 2.45) is 7.05 Å². The standard InChI is InChI=1S/C16H15N7.C15H13N7/c1-3-23-20-15(12-7-8-14-17-10-18-22(14)9-12)16(21-23)13-6-4-5-11(2)19-13;1-10-4-3-5-12(18-10)15-14(19-21(2)20-15)11-6-7-13-16-9-17-22(13)8-11/h4-10H,3H2,1-2H3;3-9H,1-2H3. The fraction of sp³-hybridized carbons (Fsp3) is 0.161. The topological polar surface area (TPSA) is 148 Å². The third-order valence-corrected chi connectivity index (χ3v) is 7.01. The second-order valence-electron chi connectivity index (χ2n) is 10.3. The molecule has 0 aliphatic carbocycles. The molecule has 0 N–H and O–H groups in total. The first-order valence-corrected chi connectivity index (χ1v) is 14.3. The van der Waals surface area contributed by atoms with E-state index in [4.69, 9.17) is 0 Å². The maximum Gasteiger partial charge on any atom is 0.155 e. The minimum absolute atomic E-state index is 0.699. The number of rotatable bonds is 5. The largest absolute Gasteiger partial charge is 0.251 e. The van der Waals surface area contributed by atoms with Gasteiger partial charge in [-0.2, -0.15) is 40.2 Å². The summed E-state index contributed by atoms with van der Waals surface area (Å²) in [7, 11) is 1.80. The number of hydrogen-bond acceptors (Lipinski definition) is 10. The van der Waals surface area contributed by atoms with E-state index in [1.807, 2.05) is 93.8 Å². The molecule has 222 valence electrons. The Morgan fingerprint density at radius 2 is 1.07 bits per heavy atom. The molecule has 0 saturated carbocycles. The van der Waals surface area contributed by atoms with Crippen molar-refractivity contribution in [1.29, 1.82) is 0 Å². The van der Waals surface area contributed by atoms with Crippen LogP contribution in [-0.4, -0.2) is 69.2 Å². The van der Waals surface area contributed by atoms with E-state index in [0.29, 0.717) is 6.54 Å². The lowest BCUT2D eigenvalue weighted by atomic mass is 10.1. The van der Waals surface area contributed by atoms with Crippen molar-refractivity contribution >= 4 is 11.3 Å². The molecule has 8 aromatic heterocycles. The lowest BCUT2D eigenvalue weighted by Gasteiger charge is -2.02. The van der Waals surface area contributed by atoms with Crippen LogP contribution in [0.2, 0.25) is 0 Å². The Hall–Kier alpha value is -6.18. The molecule has 0 radical (unpaired) electrons. The third-order valence-electron chi connectivity index (χ3n) is 7.01. The quantitative estimate of drug-likeness (QED) is 0.282. The van der Waals surface area contributed by atoms with Crippen molar-refractivity contribution in [3.05, 3.63) is 97.1 Å². The molecule has 0 bridgehead atoms. The van der Waals surface area contributed by atoms with Gasteiger partial charge in [0.05, 0.1) is 17.9 Å². The number of fused-ring (bicyclic) bond motifs is 2. The van der Waals surface area contributed by atoms with Gasteiger partial charge >= 0.3 is 0 Å². The summed E-state index contributed by atoms with van der Waals surface area (Å²) in [6.07, 6.45) is 6.86. The SMILES string of the molecule is CCn1nc(-c2ccc3ncnn3c2)c(-c2cccc(C)n2)n1.Cc1cccc(-c2nn(C)nc2-c2ccc3ncnn3c2)n1. The number of aromatic nitrogens is 14. The van der Waals surface area contributed by atoms with Crippen molar-refractivity contribution in [3.8, 4) is 45.3 Å². The smallest absolute Gasteiger partial charge is 0.155 e. The van der Waals surface area contributed by atoms with Gasteiger partial charge in [-0.1, -0.05) is 12.1 Å². The van der Waals surface area contributed by atoms with Gasteiger partial charge < -0.3 is 0 Å². The van der Waals surface area contributed by atoms with Gasteiger partial charge in [0.2, 0.25) is 0 Å². The number of nitrogens with zero attached hydrogens (tertiary/aromatic N) is 14. The van der Waals surface area contributed by atoms with Gasteiger partial charge in [-0.15, -0.1) is 0 Å². The fourth-order valence-corrected chi connectivity index (χ4v) is 4.89. The summed E-state index contributed by atoms with van der Waals surface area (Å²) >= 11 is 0. The molecule has 8 heterocycles. The Labute approximate surface area is 257 Å². The highest BCUT2D eigenvalue weighted by Crippen LogP contribution is 2.29. The lowest BCUT2D eigenvalue weighted by Crippen LogP contribution is -1.98. The number of aryl methyl sites for hydroxylation is 4. The average Bonchev–Trinajstić information content (AvgIpc) is 3.86. The third kappa shape index (κ3) is 5.51. The van der Waals surface area contributed by atoms with Crippen molar-refractivity contribution in [3.63, 3.8) is 0 Å². The highest BCUT2D eigenvalue weighted by molar-refractivity contribution is 5.77. The van der Waals surface area contributed by atoms with E-state index < -0.39 is 0 Å². The second-order valence-corrected chi connectivity index (χ2v) is 10.3. The molecule has 14 heteroatoms. The van der Waals surface area contributed by atoms with Crippen LogP contribution in [0, 0.1) is 13.8 Å².